The zero-order valence-corrected chi connectivity index (χ0v) is 18.5. The van der Waals surface area contributed by atoms with Crippen molar-refractivity contribution < 1.29 is 9.59 Å². The quantitative estimate of drug-likeness (QED) is 0.424. The van der Waals surface area contributed by atoms with E-state index in [1.807, 2.05) is 41.4 Å². The second-order valence-corrected chi connectivity index (χ2v) is 9.10. The van der Waals surface area contributed by atoms with E-state index in [-0.39, 0.29) is 17.7 Å². The summed E-state index contributed by atoms with van der Waals surface area (Å²) in [4.78, 5) is 31.4. The zero-order chi connectivity index (χ0) is 21.9. The van der Waals surface area contributed by atoms with Crippen LogP contribution >= 0.6 is 11.3 Å². The molecule has 0 radical (unpaired) electrons. The molecule has 1 saturated heterocycles. The number of nitrogens with zero attached hydrogens (tertiary/aromatic N) is 1. The molecule has 162 valence electrons. The molecule has 1 atom stereocenters. The molecule has 1 aliphatic rings. The van der Waals surface area contributed by atoms with E-state index in [2.05, 4.69) is 33.9 Å². The SMILES string of the molecule is O=C(NCC(c1cccs1)c1c[nH]c2ccccc12)c1ccc(N2CCCCC2=O)cc1. The fraction of sp³-hybridized carbons (Fsp3) is 0.231. The Balaban J connectivity index is 1.32. The van der Waals surface area contributed by atoms with Crippen LogP contribution in [0.25, 0.3) is 10.9 Å². The van der Waals surface area contributed by atoms with E-state index in [1.54, 1.807) is 23.5 Å². The Labute approximate surface area is 191 Å². The maximum absolute atomic E-state index is 12.9. The molecule has 0 saturated carbocycles. The first-order chi connectivity index (χ1) is 15.7. The lowest BCUT2D eigenvalue weighted by molar-refractivity contribution is -0.119. The van der Waals surface area contributed by atoms with Crippen LogP contribution in [-0.2, 0) is 4.79 Å². The van der Waals surface area contributed by atoms with Crippen LogP contribution in [0.5, 0.6) is 0 Å². The van der Waals surface area contributed by atoms with Crippen molar-refractivity contribution >= 4 is 39.7 Å². The number of hydrogen-bond donors (Lipinski definition) is 2. The summed E-state index contributed by atoms with van der Waals surface area (Å²) in [6.45, 7) is 1.26. The van der Waals surface area contributed by atoms with Gasteiger partial charge < -0.3 is 15.2 Å². The molecule has 0 aliphatic carbocycles. The zero-order valence-electron chi connectivity index (χ0n) is 17.7. The molecule has 4 aromatic rings. The molecule has 2 N–H and O–H groups in total. The highest BCUT2D eigenvalue weighted by atomic mass is 32.1. The van der Waals surface area contributed by atoms with E-state index < -0.39 is 0 Å². The van der Waals surface area contributed by atoms with Gasteiger partial charge in [-0.3, -0.25) is 9.59 Å². The number of amides is 2. The molecule has 0 spiro atoms. The lowest BCUT2D eigenvalue weighted by atomic mass is 9.96. The molecule has 1 fully saturated rings. The molecule has 3 heterocycles. The topological polar surface area (TPSA) is 65.2 Å². The van der Waals surface area contributed by atoms with Crippen molar-refractivity contribution in [2.75, 3.05) is 18.0 Å². The molecule has 5 rings (SSSR count). The number of rotatable bonds is 6. The van der Waals surface area contributed by atoms with Crippen molar-refractivity contribution in [2.24, 2.45) is 0 Å². The van der Waals surface area contributed by atoms with E-state index in [9.17, 15) is 9.59 Å². The van der Waals surface area contributed by atoms with Gasteiger partial charge in [-0.25, -0.2) is 0 Å². The fourth-order valence-corrected chi connectivity index (χ4v) is 5.25. The van der Waals surface area contributed by atoms with Crippen LogP contribution in [0.1, 0.15) is 46.0 Å². The third-order valence-corrected chi connectivity index (χ3v) is 7.10. The molecule has 5 nitrogen and oxygen atoms in total. The average Bonchev–Trinajstić information content (AvgIpc) is 3.51. The van der Waals surface area contributed by atoms with Gasteiger partial charge in [0.05, 0.1) is 0 Å². The largest absolute Gasteiger partial charge is 0.361 e. The summed E-state index contributed by atoms with van der Waals surface area (Å²) >= 11 is 1.70. The monoisotopic (exact) mass is 443 g/mol. The van der Waals surface area contributed by atoms with E-state index in [0.717, 1.165) is 30.6 Å². The van der Waals surface area contributed by atoms with Crippen molar-refractivity contribution in [3.8, 4) is 0 Å². The second kappa shape index (κ2) is 9.01. The minimum atomic E-state index is -0.108. The Morgan fingerprint density at radius 1 is 1.06 bits per heavy atom. The highest BCUT2D eigenvalue weighted by Crippen LogP contribution is 2.33. The molecule has 1 aliphatic heterocycles. The van der Waals surface area contributed by atoms with Crippen LogP contribution in [0.2, 0.25) is 0 Å². The van der Waals surface area contributed by atoms with Crippen LogP contribution in [-0.4, -0.2) is 29.9 Å². The summed E-state index contributed by atoms with van der Waals surface area (Å²) in [5.74, 6) is 0.120. The van der Waals surface area contributed by atoms with Gasteiger partial charge in [-0.15, -0.1) is 11.3 Å². The van der Waals surface area contributed by atoms with Gasteiger partial charge in [0.1, 0.15) is 0 Å². The number of aromatic nitrogens is 1. The number of para-hydroxylation sites is 1. The van der Waals surface area contributed by atoms with Gasteiger partial charge in [0, 0.05) is 58.7 Å². The third kappa shape index (κ3) is 4.06. The smallest absolute Gasteiger partial charge is 0.251 e. The number of aromatic amines is 1. The van der Waals surface area contributed by atoms with Gasteiger partial charge >= 0.3 is 0 Å². The number of H-pyrrole nitrogens is 1. The molecule has 2 amide bonds. The van der Waals surface area contributed by atoms with Gasteiger partial charge in [-0.05, 0) is 60.2 Å². The lowest BCUT2D eigenvalue weighted by Crippen LogP contribution is -2.35. The molecule has 2 aromatic carbocycles. The van der Waals surface area contributed by atoms with Crippen LogP contribution in [0.15, 0.2) is 72.2 Å². The summed E-state index contributed by atoms with van der Waals surface area (Å²) in [6.07, 6.45) is 4.62. The van der Waals surface area contributed by atoms with Crippen molar-refractivity contribution in [1.82, 2.24) is 10.3 Å². The van der Waals surface area contributed by atoms with Gasteiger partial charge in [0.2, 0.25) is 5.91 Å². The highest BCUT2D eigenvalue weighted by Gasteiger charge is 2.22. The minimum Gasteiger partial charge on any atom is -0.361 e. The van der Waals surface area contributed by atoms with Gasteiger partial charge in [-0.2, -0.15) is 0 Å². The summed E-state index contributed by atoms with van der Waals surface area (Å²) in [5.41, 5.74) is 3.74. The van der Waals surface area contributed by atoms with E-state index in [1.165, 1.54) is 15.8 Å². The van der Waals surface area contributed by atoms with Crippen molar-refractivity contribution in [2.45, 2.75) is 25.2 Å². The number of thiophene rings is 1. The molecule has 32 heavy (non-hydrogen) atoms. The molecular weight excluding hydrogens is 418 g/mol. The Kier molecular flexibility index (Phi) is 5.77. The highest BCUT2D eigenvalue weighted by molar-refractivity contribution is 7.10. The normalized spacial score (nSPS) is 15.1. The predicted octanol–water partition coefficient (Wildman–Crippen LogP) is 5.31. The number of benzene rings is 2. The molecule has 0 bridgehead atoms. The summed E-state index contributed by atoms with van der Waals surface area (Å²) < 4.78 is 0. The van der Waals surface area contributed by atoms with E-state index in [4.69, 9.17) is 0 Å². The first kappa shape index (κ1) is 20.5. The Morgan fingerprint density at radius 2 is 1.91 bits per heavy atom. The Bertz CT molecular complexity index is 1230. The molecular formula is C26H25N3O2S. The molecule has 2 aromatic heterocycles. The number of hydrogen-bond acceptors (Lipinski definition) is 3. The number of carbonyl (C=O) groups excluding carboxylic acids is 2. The van der Waals surface area contributed by atoms with Crippen LogP contribution in [0.3, 0.4) is 0 Å². The van der Waals surface area contributed by atoms with E-state index in [0.29, 0.717) is 18.5 Å². The summed E-state index contributed by atoms with van der Waals surface area (Å²) in [7, 11) is 0. The fourth-order valence-electron chi connectivity index (χ4n) is 4.40. The molecule has 6 heteroatoms. The van der Waals surface area contributed by atoms with Gasteiger partial charge in [0.15, 0.2) is 0 Å². The number of piperidine rings is 1. The van der Waals surface area contributed by atoms with Crippen molar-refractivity contribution in [3.63, 3.8) is 0 Å². The number of fused-ring (bicyclic) bond motifs is 1. The predicted molar refractivity (Wildman–Crippen MR) is 129 cm³/mol. The minimum absolute atomic E-state index is 0.0698. The Morgan fingerprint density at radius 3 is 2.69 bits per heavy atom. The third-order valence-electron chi connectivity index (χ3n) is 6.11. The maximum Gasteiger partial charge on any atom is 0.251 e. The first-order valence-electron chi connectivity index (χ1n) is 11.0. The lowest BCUT2D eigenvalue weighted by Gasteiger charge is -2.26. The number of carbonyl (C=O) groups is 2. The number of nitrogens with one attached hydrogen (secondary N) is 2. The average molecular weight is 444 g/mol. The Hall–Kier alpha value is -3.38. The van der Waals surface area contributed by atoms with Crippen LogP contribution < -0.4 is 10.2 Å². The van der Waals surface area contributed by atoms with E-state index >= 15 is 0 Å². The van der Waals surface area contributed by atoms with Crippen LogP contribution in [0.4, 0.5) is 5.69 Å². The van der Waals surface area contributed by atoms with Crippen molar-refractivity contribution in [3.05, 3.63) is 88.2 Å². The first-order valence-corrected chi connectivity index (χ1v) is 11.9. The maximum atomic E-state index is 12.9. The summed E-state index contributed by atoms with van der Waals surface area (Å²) in [6, 6.07) is 19.8. The second-order valence-electron chi connectivity index (χ2n) is 8.12. The standard InChI is InChI=1S/C26H25N3O2S/c30-25-9-3-4-14-29(25)19-12-10-18(11-13-19)26(31)28-17-22(24-8-5-15-32-24)21-16-27-23-7-2-1-6-20(21)23/h1-2,5-8,10-13,15-16,22,27H,3-4,9,14,17H2,(H,28,31). The summed E-state index contributed by atoms with van der Waals surface area (Å²) in [5, 5.41) is 6.37. The molecule has 1 unspecified atom stereocenters. The van der Waals surface area contributed by atoms with Crippen molar-refractivity contribution in [1.29, 1.82) is 0 Å². The van der Waals surface area contributed by atoms with Crippen LogP contribution in [0, 0.1) is 0 Å². The number of anilines is 1. The van der Waals surface area contributed by atoms with Gasteiger partial charge in [-0.1, -0.05) is 24.3 Å². The van der Waals surface area contributed by atoms with Gasteiger partial charge in [0.25, 0.3) is 5.91 Å².